The molecule has 0 bridgehead atoms. The topological polar surface area (TPSA) is 93.0 Å². The predicted molar refractivity (Wildman–Crippen MR) is 116 cm³/mol. The van der Waals surface area contributed by atoms with Crippen molar-refractivity contribution < 1.29 is 19.2 Å². The first-order chi connectivity index (χ1) is 14.8. The number of benzene rings is 2. The van der Waals surface area contributed by atoms with Gasteiger partial charge in [-0.1, -0.05) is 11.6 Å². The van der Waals surface area contributed by atoms with Gasteiger partial charge >= 0.3 is 0 Å². The molecule has 1 aliphatic heterocycles. The number of nitro benzene ring substituents is 1. The first-order valence-electron chi connectivity index (χ1n) is 9.97. The summed E-state index contributed by atoms with van der Waals surface area (Å²) in [5, 5.41) is 11.6. The molecule has 1 atom stereocenters. The minimum Gasteiger partial charge on any atom is -0.492 e. The van der Waals surface area contributed by atoms with Gasteiger partial charge in [-0.15, -0.1) is 0 Å². The Morgan fingerprint density at radius 3 is 2.61 bits per heavy atom. The van der Waals surface area contributed by atoms with Crippen molar-refractivity contribution in [2.24, 2.45) is 0 Å². The monoisotopic (exact) mass is 445 g/mol. The standard InChI is InChI=1S/C22H24ClN3O5/c1-15-14-16(5-10-19(15)26(29)30)21(27)25-11-3-4-20(25)22(28)24(2)12-13-31-18-8-6-17(23)7-9-18/h5-10,14,20H,3-4,11-13H2,1-2H3. The lowest BCUT2D eigenvalue weighted by Gasteiger charge is -2.28. The van der Waals surface area contributed by atoms with Gasteiger partial charge in [0.05, 0.1) is 11.5 Å². The molecular formula is C22H24ClN3O5. The normalized spacial score (nSPS) is 15.6. The van der Waals surface area contributed by atoms with E-state index in [0.29, 0.717) is 48.0 Å². The van der Waals surface area contributed by atoms with Crippen molar-refractivity contribution in [3.63, 3.8) is 0 Å². The second kappa shape index (κ2) is 9.78. The van der Waals surface area contributed by atoms with Crippen molar-refractivity contribution in [1.82, 2.24) is 9.80 Å². The fraction of sp³-hybridized carbons (Fsp3) is 0.364. The summed E-state index contributed by atoms with van der Waals surface area (Å²) in [6, 6.07) is 10.7. The van der Waals surface area contributed by atoms with Crippen LogP contribution in [-0.2, 0) is 4.79 Å². The molecule has 8 nitrogen and oxygen atoms in total. The average molecular weight is 446 g/mol. The fourth-order valence-electron chi connectivity index (χ4n) is 3.62. The van der Waals surface area contributed by atoms with Crippen LogP contribution in [0.5, 0.6) is 5.75 Å². The lowest BCUT2D eigenvalue weighted by molar-refractivity contribution is -0.385. The number of carbonyl (C=O) groups excluding carboxylic acids is 2. The summed E-state index contributed by atoms with van der Waals surface area (Å²) in [4.78, 5) is 39.6. The van der Waals surface area contributed by atoms with Crippen LogP contribution in [0.1, 0.15) is 28.8 Å². The van der Waals surface area contributed by atoms with Crippen LogP contribution in [0.15, 0.2) is 42.5 Å². The Morgan fingerprint density at radius 2 is 1.97 bits per heavy atom. The Balaban J connectivity index is 1.61. The second-order valence-electron chi connectivity index (χ2n) is 7.48. The van der Waals surface area contributed by atoms with Crippen LogP contribution in [0.25, 0.3) is 0 Å². The molecule has 0 aromatic heterocycles. The predicted octanol–water partition coefficient (Wildman–Crippen LogP) is 3.70. The zero-order valence-electron chi connectivity index (χ0n) is 17.4. The molecule has 0 saturated carbocycles. The minimum absolute atomic E-state index is 0.0361. The Labute approximate surface area is 185 Å². The summed E-state index contributed by atoms with van der Waals surface area (Å²) in [5.74, 6) is 0.223. The Hall–Kier alpha value is -3.13. The summed E-state index contributed by atoms with van der Waals surface area (Å²) in [6.07, 6.45) is 1.31. The SMILES string of the molecule is Cc1cc(C(=O)N2CCCC2C(=O)N(C)CCOc2ccc(Cl)cc2)ccc1[N+](=O)[O-]. The molecule has 0 aliphatic carbocycles. The first kappa shape index (κ1) is 22.6. The third kappa shape index (κ3) is 5.32. The fourth-order valence-corrected chi connectivity index (χ4v) is 3.75. The van der Waals surface area contributed by atoms with E-state index < -0.39 is 11.0 Å². The van der Waals surface area contributed by atoms with E-state index >= 15 is 0 Å². The van der Waals surface area contributed by atoms with E-state index in [9.17, 15) is 19.7 Å². The van der Waals surface area contributed by atoms with Crippen LogP contribution in [0.4, 0.5) is 5.69 Å². The highest BCUT2D eigenvalue weighted by atomic mass is 35.5. The third-order valence-electron chi connectivity index (χ3n) is 5.32. The highest BCUT2D eigenvalue weighted by Gasteiger charge is 2.36. The largest absolute Gasteiger partial charge is 0.492 e. The number of nitro groups is 1. The molecule has 2 aromatic carbocycles. The Bertz CT molecular complexity index is 980. The van der Waals surface area contributed by atoms with E-state index in [-0.39, 0.29) is 17.5 Å². The number of halogens is 1. The number of hydrogen-bond acceptors (Lipinski definition) is 5. The van der Waals surface area contributed by atoms with Crippen LogP contribution in [0.2, 0.25) is 5.02 Å². The summed E-state index contributed by atoms with van der Waals surface area (Å²) in [6.45, 7) is 2.75. The quantitative estimate of drug-likeness (QED) is 0.478. The minimum atomic E-state index is -0.552. The van der Waals surface area contributed by atoms with Gasteiger partial charge in [0.1, 0.15) is 18.4 Å². The van der Waals surface area contributed by atoms with Gasteiger partial charge in [0.15, 0.2) is 0 Å². The summed E-state index contributed by atoms with van der Waals surface area (Å²) in [7, 11) is 1.69. The number of rotatable bonds is 7. The van der Waals surface area contributed by atoms with Crippen LogP contribution in [0, 0.1) is 17.0 Å². The number of likely N-dealkylation sites (tertiary alicyclic amines) is 1. The summed E-state index contributed by atoms with van der Waals surface area (Å²) in [5.41, 5.74) is 0.719. The van der Waals surface area contributed by atoms with Crippen molar-refractivity contribution in [1.29, 1.82) is 0 Å². The first-order valence-corrected chi connectivity index (χ1v) is 10.3. The van der Waals surface area contributed by atoms with Gasteiger partial charge < -0.3 is 14.5 Å². The third-order valence-corrected chi connectivity index (χ3v) is 5.58. The summed E-state index contributed by atoms with van der Waals surface area (Å²) < 4.78 is 5.64. The van der Waals surface area contributed by atoms with Crippen molar-refractivity contribution in [3.05, 3.63) is 68.7 Å². The molecule has 1 saturated heterocycles. The molecule has 1 heterocycles. The number of likely N-dealkylation sites (N-methyl/N-ethyl adjacent to an activating group) is 1. The maximum atomic E-state index is 13.0. The zero-order chi connectivity index (χ0) is 22.5. The van der Waals surface area contributed by atoms with Gasteiger partial charge in [-0.25, -0.2) is 0 Å². The highest BCUT2D eigenvalue weighted by molar-refractivity contribution is 6.30. The molecule has 9 heteroatoms. The number of carbonyl (C=O) groups is 2. The zero-order valence-corrected chi connectivity index (χ0v) is 18.2. The lowest BCUT2D eigenvalue weighted by atomic mass is 10.1. The average Bonchev–Trinajstić information content (AvgIpc) is 3.23. The van der Waals surface area contributed by atoms with Gasteiger partial charge in [0, 0.05) is 35.8 Å². The smallest absolute Gasteiger partial charge is 0.272 e. The number of hydrogen-bond donors (Lipinski definition) is 0. The molecule has 1 unspecified atom stereocenters. The molecule has 2 aromatic rings. The van der Waals surface area contributed by atoms with Crippen molar-refractivity contribution in [3.8, 4) is 5.75 Å². The number of aryl methyl sites for hydroxylation is 1. The molecule has 1 aliphatic rings. The molecular weight excluding hydrogens is 422 g/mol. The molecule has 0 N–H and O–H groups in total. The maximum Gasteiger partial charge on any atom is 0.272 e. The van der Waals surface area contributed by atoms with Crippen LogP contribution < -0.4 is 4.74 Å². The second-order valence-corrected chi connectivity index (χ2v) is 7.91. The Kier molecular flexibility index (Phi) is 7.12. The molecule has 0 spiro atoms. The van der Waals surface area contributed by atoms with Gasteiger partial charge in [-0.05, 0) is 56.2 Å². The molecule has 2 amide bonds. The van der Waals surface area contributed by atoms with E-state index in [4.69, 9.17) is 16.3 Å². The molecule has 1 fully saturated rings. The van der Waals surface area contributed by atoms with Crippen molar-refractivity contribution in [2.75, 3.05) is 26.7 Å². The Morgan fingerprint density at radius 1 is 1.26 bits per heavy atom. The van der Waals surface area contributed by atoms with Crippen LogP contribution >= 0.6 is 11.6 Å². The van der Waals surface area contributed by atoms with E-state index in [1.807, 2.05) is 0 Å². The summed E-state index contributed by atoms with van der Waals surface area (Å²) >= 11 is 5.85. The van der Waals surface area contributed by atoms with Gasteiger partial charge in [0.2, 0.25) is 5.91 Å². The van der Waals surface area contributed by atoms with Gasteiger partial charge in [-0.3, -0.25) is 19.7 Å². The van der Waals surface area contributed by atoms with E-state index in [2.05, 4.69) is 0 Å². The molecule has 0 radical (unpaired) electrons. The van der Waals surface area contributed by atoms with Crippen LogP contribution in [0.3, 0.4) is 0 Å². The molecule has 3 rings (SSSR count). The van der Waals surface area contributed by atoms with Gasteiger partial charge in [-0.2, -0.15) is 0 Å². The number of nitrogens with zero attached hydrogens (tertiary/aromatic N) is 3. The van der Waals surface area contributed by atoms with E-state index in [1.165, 1.54) is 18.2 Å². The van der Waals surface area contributed by atoms with E-state index in [0.717, 1.165) is 6.42 Å². The van der Waals surface area contributed by atoms with Crippen molar-refractivity contribution in [2.45, 2.75) is 25.8 Å². The van der Waals surface area contributed by atoms with Gasteiger partial charge in [0.25, 0.3) is 11.6 Å². The van der Waals surface area contributed by atoms with E-state index in [1.54, 1.807) is 48.0 Å². The maximum absolute atomic E-state index is 13.0. The highest BCUT2D eigenvalue weighted by Crippen LogP contribution is 2.25. The lowest BCUT2D eigenvalue weighted by Crippen LogP contribution is -2.47. The number of amides is 2. The number of ether oxygens (including phenoxy) is 1. The van der Waals surface area contributed by atoms with Crippen LogP contribution in [-0.4, -0.2) is 59.3 Å². The molecule has 31 heavy (non-hydrogen) atoms. The van der Waals surface area contributed by atoms with Crippen molar-refractivity contribution >= 4 is 29.1 Å². The molecule has 164 valence electrons.